The van der Waals surface area contributed by atoms with Crippen molar-refractivity contribution in [3.63, 3.8) is 0 Å². The van der Waals surface area contributed by atoms with E-state index in [2.05, 4.69) is 20.4 Å². The van der Waals surface area contributed by atoms with Crippen molar-refractivity contribution in [1.82, 2.24) is 29.5 Å². The first-order chi connectivity index (χ1) is 15.6. The molecule has 1 fully saturated rings. The number of rotatable bonds is 6. The van der Waals surface area contributed by atoms with Crippen LogP contribution in [0.5, 0.6) is 0 Å². The first kappa shape index (κ1) is 21.9. The van der Waals surface area contributed by atoms with Gasteiger partial charge in [0, 0.05) is 50.2 Å². The number of carbonyl (C=O) groups excluding carboxylic acids is 1. The Labute approximate surface area is 194 Å². The van der Waals surface area contributed by atoms with E-state index in [4.69, 9.17) is 0 Å². The van der Waals surface area contributed by atoms with E-state index in [9.17, 15) is 13.6 Å². The van der Waals surface area contributed by atoms with Gasteiger partial charge in [0.2, 0.25) is 5.95 Å². The van der Waals surface area contributed by atoms with E-state index in [1.807, 2.05) is 39.1 Å². The van der Waals surface area contributed by atoms with Crippen LogP contribution in [0.1, 0.15) is 35.5 Å². The second kappa shape index (κ2) is 7.84. The second-order valence-corrected chi connectivity index (χ2v) is 10.0. The second-order valence-electron chi connectivity index (χ2n) is 8.98. The third-order valence-corrected chi connectivity index (χ3v) is 7.77. The van der Waals surface area contributed by atoms with Gasteiger partial charge in [0.15, 0.2) is 0 Å². The summed E-state index contributed by atoms with van der Waals surface area (Å²) in [6, 6.07) is 5.53. The molecule has 1 amide bonds. The molecule has 5 heterocycles. The molecule has 0 saturated carbocycles. The van der Waals surface area contributed by atoms with Crippen LogP contribution in [0.3, 0.4) is 0 Å². The summed E-state index contributed by atoms with van der Waals surface area (Å²) in [4.78, 5) is 27.5. The van der Waals surface area contributed by atoms with E-state index in [1.165, 1.54) is 11.3 Å². The molecule has 2 aliphatic heterocycles. The molecule has 0 aliphatic carbocycles. The standard InChI is InChI=1S/C22H25F2N7OS/c1-21(2)18-14(19(32)31(21)11-10-30-9-6-22(23,24)13-30)12-16(33-18)15-4-7-25-20(27-15)28-17-5-8-26-29(17)3/h4-5,7-8,12H,6,9-11,13H2,1-3H3,(H,25,27,28). The monoisotopic (exact) mass is 473 g/mol. The van der Waals surface area contributed by atoms with E-state index in [1.54, 1.807) is 26.9 Å². The van der Waals surface area contributed by atoms with Crippen LogP contribution in [0.15, 0.2) is 30.6 Å². The zero-order valence-electron chi connectivity index (χ0n) is 18.7. The Morgan fingerprint density at radius 1 is 1.21 bits per heavy atom. The lowest BCUT2D eigenvalue weighted by Crippen LogP contribution is -2.43. The molecule has 0 atom stereocenters. The van der Waals surface area contributed by atoms with Crippen molar-refractivity contribution in [3.8, 4) is 10.6 Å². The van der Waals surface area contributed by atoms with E-state index >= 15 is 0 Å². The number of alkyl halides is 2. The molecule has 0 spiro atoms. The Hall–Kier alpha value is -2.92. The van der Waals surface area contributed by atoms with Gasteiger partial charge in [-0.05, 0) is 26.0 Å². The van der Waals surface area contributed by atoms with Crippen molar-refractivity contribution in [2.75, 3.05) is 31.5 Å². The summed E-state index contributed by atoms with van der Waals surface area (Å²) in [6.07, 6.45) is 3.25. The number of aromatic nitrogens is 4. The van der Waals surface area contributed by atoms with Crippen molar-refractivity contribution in [3.05, 3.63) is 41.0 Å². The third kappa shape index (κ3) is 3.99. The average Bonchev–Trinajstić information content (AvgIpc) is 3.49. The van der Waals surface area contributed by atoms with Gasteiger partial charge in [0.1, 0.15) is 5.82 Å². The van der Waals surface area contributed by atoms with Gasteiger partial charge in [-0.1, -0.05) is 0 Å². The molecule has 0 radical (unpaired) electrons. The van der Waals surface area contributed by atoms with Gasteiger partial charge >= 0.3 is 0 Å². The summed E-state index contributed by atoms with van der Waals surface area (Å²) in [5, 5.41) is 7.27. The summed E-state index contributed by atoms with van der Waals surface area (Å²) in [5.41, 5.74) is 0.871. The molecule has 33 heavy (non-hydrogen) atoms. The molecular formula is C22H25F2N7OS. The number of aryl methyl sites for hydroxylation is 1. The highest BCUT2D eigenvalue weighted by Gasteiger charge is 2.45. The number of nitrogens with one attached hydrogen (secondary N) is 1. The van der Waals surface area contributed by atoms with Crippen molar-refractivity contribution in [2.45, 2.75) is 31.7 Å². The number of hydrogen-bond donors (Lipinski definition) is 1. The maximum atomic E-state index is 13.5. The number of amides is 1. The van der Waals surface area contributed by atoms with Crippen LogP contribution in [0, 0.1) is 0 Å². The molecular weight excluding hydrogens is 448 g/mol. The number of thiophene rings is 1. The fourth-order valence-electron chi connectivity index (χ4n) is 4.44. The molecule has 174 valence electrons. The fourth-order valence-corrected chi connectivity index (χ4v) is 5.67. The van der Waals surface area contributed by atoms with Gasteiger partial charge in [0.05, 0.1) is 34.4 Å². The predicted molar refractivity (Wildman–Crippen MR) is 122 cm³/mol. The molecule has 11 heteroatoms. The van der Waals surface area contributed by atoms with Gasteiger partial charge in [-0.2, -0.15) is 5.10 Å². The number of halogens is 2. The van der Waals surface area contributed by atoms with Crippen LogP contribution < -0.4 is 5.32 Å². The number of likely N-dealkylation sites (tertiary alicyclic amines) is 1. The molecule has 1 saturated heterocycles. The fraction of sp³-hybridized carbons (Fsp3) is 0.455. The van der Waals surface area contributed by atoms with E-state index in [0.29, 0.717) is 31.1 Å². The van der Waals surface area contributed by atoms with Crippen LogP contribution >= 0.6 is 11.3 Å². The maximum absolute atomic E-state index is 13.5. The molecule has 8 nitrogen and oxygen atoms in total. The third-order valence-electron chi connectivity index (χ3n) is 6.30. The summed E-state index contributed by atoms with van der Waals surface area (Å²) >= 11 is 1.54. The zero-order valence-corrected chi connectivity index (χ0v) is 19.5. The predicted octanol–water partition coefficient (Wildman–Crippen LogP) is 3.71. The minimum absolute atomic E-state index is 0.0641. The van der Waals surface area contributed by atoms with E-state index in [-0.39, 0.29) is 18.9 Å². The van der Waals surface area contributed by atoms with E-state index in [0.717, 1.165) is 21.3 Å². The SMILES string of the molecule is Cn1nccc1Nc1nccc(-c2cc3c(s2)C(C)(C)N(CCN2CCC(F)(F)C2)C3=O)n1. The van der Waals surface area contributed by atoms with Crippen molar-refractivity contribution >= 4 is 29.0 Å². The summed E-state index contributed by atoms with van der Waals surface area (Å²) in [5.74, 6) is -1.48. The highest BCUT2D eigenvalue weighted by Crippen LogP contribution is 2.46. The Morgan fingerprint density at radius 3 is 2.70 bits per heavy atom. The largest absolute Gasteiger partial charge is 0.327 e. The number of fused-ring (bicyclic) bond motifs is 1. The minimum Gasteiger partial charge on any atom is -0.327 e. The number of hydrogen-bond acceptors (Lipinski definition) is 7. The van der Waals surface area contributed by atoms with Gasteiger partial charge in [-0.15, -0.1) is 11.3 Å². The van der Waals surface area contributed by atoms with Crippen LogP contribution in [-0.4, -0.2) is 67.6 Å². The number of nitrogens with zero attached hydrogens (tertiary/aromatic N) is 6. The van der Waals surface area contributed by atoms with Crippen LogP contribution in [0.25, 0.3) is 10.6 Å². The Bertz CT molecular complexity index is 1210. The van der Waals surface area contributed by atoms with Crippen LogP contribution in [-0.2, 0) is 12.6 Å². The van der Waals surface area contributed by atoms with Crippen molar-refractivity contribution in [1.29, 1.82) is 0 Å². The van der Waals surface area contributed by atoms with Crippen LogP contribution in [0.2, 0.25) is 0 Å². The Balaban J connectivity index is 1.34. The lowest BCUT2D eigenvalue weighted by Gasteiger charge is -2.33. The van der Waals surface area contributed by atoms with Crippen molar-refractivity contribution < 1.29 is 13.6 Å². The summed E-state index contributed by atoms with van der Waals surface area (Å²) < 4.78 is 28.7. The van der Waals surface area contributed by atoms with E-state index < -0.39 is 11.5 Å². The zero-order chi connectivity index (χ0) is 23.4. The highest BCUT2D eigenvalue weighted by molar-refractivity contribution is 7.16. The molecule has 2 aliphatic rings. The quantitative estimate of drug-likeness (QED) is 0.588. The lowest BCUT2D eigenvalue weighted by molar-refractivity contribution is 0.0107. The number of anilines is 2. The molecule has 1 N–H and O–H groups in total. The topological polar surface area (TPSA) is 79.2 Å². The first-order valence-electron chi connectivity index (χ1n) is 10.8. The molecule has 0 bridgehead atoms. The van der Waals surface area contributed by atoms with Crippen LogP contribution in [0.4, 0.5) is 20.5 Å². The highest BCUT2D eigenvalue weighted by atomic mass is 32.1. The molecule has 3 aromatic heterocycles. The normalized spacial score (nSPS) is 19.3. The summed E-state index contributed by atoms with van der Waals surface area (Å²) in [7, 11) is 1.82. The smallest absolute Gasteiger partial charge is 0.261 e. The van der Waals surface area contributed by atoms with Crippen molar-refractivity contribution in [2.24, 2.45) is 7.05 Å². The Kier molecular flexibility index (Phi) is 5.20. The average molecular weight is 474 g/mol. The van der Waals surface area contributed by atoms with Gasteiger partial charge in [-0.25, -0.2) is 18.7 Å². The molecule has 3 aromatic rings. The maximum Gasteiger partial charge on any atom is 0.261 e. The first-order valence-corrected chi connectivity index (χ1v) is 11.6. The molecule has 5 rings (SSSR count). The summed E-state index contributed by atoms with van der Waals surface area (Å²) in [6.45, 7) is 5.01. The number of carbonyl (C=O) groups is 1. The Morgan fingerprint density at radius 2 is 2.03 bits per heavy atom. The molecule has 0 aromatic carbocycles. The minimum atomic E-state index is -2.62. The lowest BCUT2D eigenvalue weighted by atomic mass is 10.0. The molecule has 0 unspecified atom stereocenters. The van der Waals surface area contributed by atoms with Gasteiger partial charge in [-0.3, -0.25) is 14.4 Å². The van der Waals surface area contributed by atoms with Gasteiger partial charge < -0.3 is 10.2 Å². The van der Waals surface area contributed by atoms with Gasteiger partial charge in [0.25, 0.3) is 11.8 Å².